The number of nitrogens with one attached hydrogen (secondary N) is 2. The minimum absolute atomic E-state index is 0.126. The summed E-state index contributed by atoms with van der Waals surface area (Å²) in [7, 11) is 0. The molecule has 0 bridgehead atoms. The standard InChI is InChI=1S/C16H21N3O3S/c1-9-5-7-13(22-9)11(3)17-14(20)8-6-12-10(2)18-16(23-4)19-15(12)21/h5,7,11H,6,8H2,1-4H3,(H,17,20)(H,18,19,21). The van der Waals surface area contributed by atoms with Crippen molar-refractivity contribution in [1.82, 2.24) is 15.3 Å². The van der Waals surface area contributed by atoms with E-state index in [9.17, 15) is 9.59 Å². The third-order valence-corrected chi connectivity index (χ3v) is 4.14. The number of H-pyrrole nitrogens is 1. The van der Waals surface area contributed by atoms with Gasteiger partial charge in [-0.15, -0.1) is 0 Å². The van der Waals surface area contributed by atoms with Crippen LogP contribution < -0.4 is 10.9 Å². The average molecular weight is 335 g/mol. The van der Waals surface area contributed by atoms with Crippen molar-refractivity contribution in [2.24, 2.45) is 0 Å². The molecule has 0 aliphatic heterocycles. The molecule has 2 heterocycles. The summed E-state index contributed by atoms with van der Waals surface area (Å²) in [6.07, 6.45) is 2.44. The van der Waals surface area contributed by atoms with Crippen molar-refractivity contribution in [3.63, 3.8) is 0 Å². The Morgan fingerprint density at radius 1 is 1.43 bits per heavy atom. The highest BCUT2D eigenvalue weighted by molar-refractivity contribution is 7.98. The number of furan rings is 1. The minimum atomic E-state index is -0.201. The number of aromatic nitrogens is 2. The number of carbonyl (C=O) groups excluding carboxylic acids is 1. The van der Waals surface area contributed by atoms with Gasteiger partial charge in [0.25, 0.3) is 5.56 Å². The topological polar surface area (TPSA) is 88.0 Å². The lowest BCUT2D eigenvalue weighted by Crippen LogP contribution is -2.27. The summed E-state index contributed by atoms with van der Waals surface area (Å²) in [5.74, 6) is 1.40. The van der Waals surface area contributed by atoms with Gasteiger partial charge >= 0.3 is 0 Å². The average Bonchev–Trinajstić information content (AvgIpc) is 2.92. The van der Waals surface area contributed by atoms with Crippen molar-refractivity contribution in [1.29, 1.82) is 0 Å². The van der Waals surface area contributed by atoms with Gasteiger partial charge in [0, 0.05) is 17.7 Å². The Bertz CT molecular complexity index is 751. The maximum atomic E-state index is 12.1. The van der Waals surface area contributed by atoms with E-state index in [2.05, 4.69) is 15.3 Å². The van der Waals surface area contributed by atoms with Crippen LogP contribution in [0.15, 0.2) is 26.5 Å². The first-order valence-electron chi connectivity index (χ1n) is 7.40. The quantitative estimate of drug-likeness (QED) is 0.625. The highest BCUT2D eigenvalue weighted by Crippen LogP contribution is 2.16. The normalized spacial score (nSPS) is 12.2. The van der Waals surface area contributed by atoms with E-state index in [4.69, 9.17) is 4.42 Å². The molecule has 2 aromatic heterocycles. The molecule has 0 aromatic carbocycles. The number of aryl methyl sites for hydroxylation is 2. The van der Waals surface area contributed by atoms with Crippen molar-refractivity contribution in [2.45, 2.75) is 44.8 Å². The van der Waals surface area contributed by atoms with Gasteiger partial charge in [-0.05, 0) is 45.6 Å². The van der Waals surface area contributed by atoms with Crippen LogP contribution in [0.4, 0.5) is 0 Å². The Balaban J connectivity index is 1.96. The fourth-order valence-electron chi connectivity index (χ4n) is 2.29. The van der Waals surface area contributed by atoms with Gasteiger partial charge < -0.3 is 14.7 Å². The van der Waals surface area contributed by atoms with Crippen molar-refractivity contribution in [3.8, 4) is 0 Å². The highest BCUT2D eigenvalue weighted by atomic mass is 32.2. The molecule has 1 unspecified atom stereocenters. The second kappa shape index (κ2) is 7.50. The minimum Gasteiger partial charge on any atom is -0.464 e. The molecule has 0 aliphatic rings. The Morgan fingerprint density at radius 3 is 2.74 bits per heavy atom. The second-order valence-electron chi connectivity index (χ2n) is 5.38. The molecule has 0 saturated carbocycles. The number of hydrogen-bond donors (Lipinski definition) is 2. The van der Waals surface area contributed by atoms with Gasteiger partial charge in [-0.2, -0.15) is 0 Å². The molecule has 1 amide bonds. The van der Waals surface area contributed by atoms with Gasteiger partial charge in [-0.25, -0.2) is 4.98 Å². The lowest BCUT2D eigenvalue weighted by Gasteiger charge is -2.12. The third-order valence-electron chi connectivity index (χ3n) is 3.56. The summed E-state index contributed by atoms with van der Waals surface area (Å²) in [5.41, 5.74) is 1.05. The van der Waals surface area contributed by atoms with Gasteiger partial charge in [0.1, 0.15) is 11.5 Å². The third kappa shape index (κ3) is 4.48. The predicted octanol–water partition coefficient (Wildman–Crippen LogP) is 2.51. The number of carbonyl (C=O) groups is 1. The Morgan fingerprint density at radius 2 is 2.17 bits per heavy atom. The summed E-state index contributed by atoms with van der Waals surface area (Å²) < 4.78 is 5.49. The van der Waals surface area contributed by atoms with E-state index >= 15 is 0 Å². The molecule has 23 heavy (non-hydrogen) atoms. The number of nitrogens with zero attached hydrogens (tertiary/aromatic N) is 1. The molecule has 2 rings (SSSR count). The fraction of sp³-hybridized carbons (Fsp3) is 0.438. The molecule has 2 aromatic rings. The lowest BCUT2D eigenvalue weighted by molar-refractivity contribution is -0.121. The maximum absolute atomic E-state index is 12.1. The molecule has 0 radical (unpaired) electrons. The summed E-state index contributed by atoms with van der Waals surface area (Å²) in [6.45, 7) is 5.51. The van der Waals surface area contributed by atoms with E-state index < -0.39 is 0 Å². The number of amides is 1. The number of hydrogen-bond acceptors (Lipinski definition) is 5. The molecule has 0 aliphatic carbocycles. The monoisotopic (exact) mass is 335 g/mol. The van der Waals surface area contributed by atoms with Crippen LogP contribution in [0.25, 0.3) is 0 Å². The van der Waals surface area contributed by atoms with Gasteiger partial charge in [0.15, 0.2) is 5.16 Å². The van der Waals surface area contributed by atoms with Crippen LogP contribution in [0.5, 0.6) is 0 Å². The van der Waals surface area contributed by atoms with Crippen molar-refractivity contribution in [3.05, 3.63) is 45.3 Å². The lowest BCUT2D eigenvalue weighted by atomic mass is 10.1. The summed E-state index contributed by atoms with van der Waals surface area (Å²) in [6, 6.07) is 3.51. The highest BCUT2D eigenvalue weighted by Gasteiger charge is 2.14. The summed E-state index contributed by atoms with van der Waals surface area (Å²) in [5, 5.41) is 3.46. The molecule has 7 heteroatoms. The van der Waals surface area contributed by atoms with Crippen LogP contribution in [-0.2, 0) is 11.2 Å². The van der Waals surface area contributed by atoms with E-state index in [1.54, 1.807) is 6.92 Å². The molecule has 1 atom stereocenters. The Hall–Kier alpha value is -2.02. The van der Waals surface area contributed by atoms with Crippen LogP contribution >= 0.6 is 11.8 Å². The summed E-state index contributed by atoms with van der Waals surface area (Å²) >= 11 is 1.38. The van der Waals surface area contributed by atoms with Gasteiger partial charge in [-0.3, -0.25) is 9.59 Å². The zero-order valence-electron chi connectivity index (χ0n) is 13.7. The molecule has 6 nitrogen and oxygen atoms in total. The molecule has 124 valence electrons. The molecular weight excluding hydrogens is 314 g/mol. The van der Waals surface area contributed by atoms with Crippen LogP contribution in [0.1, 0.15) is 42.2 Å². The molecule has 0 spiro atoms. The number of rotatable bonds is 6. The van der Waals surface area contributed by atoms with E-state index in [1.165, 1.54) is 11.8 Å². The first-order valence-corrected chi connectivity index (χ1v) is 8.62. The van der Waals surface area contributed by atoms with E-state index in [-0.39, 0.29) is 23.9 Å². The van der Waals surface area contributed by atoms with Gasteiger partial charge in [0.05, 0.1) is 6.04 Å². The van der Waals surface area contributed by atoms with E-state index in [0.29, 0.717) is 22.8 Å². The first-order chi connectivity index (χ1) is 10.9. The van der Waals surface area contributed by atoms with Gasteiger partial charge in [0.2, 0.25) is 5.91 Å². The van der Waals surface area contributed by atoms with Crippen LogP contribution in [0.3, 0.4) is 0 Å². The van der Waals surface area contributed by atoms with Gasteiger partial charge in [-0.1, -0.05) is 11.8 Å². The van der Waals surface area contributed by atoms with Crippen molar-refractivity contribution >= 4 is 17.7 Å². The number of thioether (sulfide) groups is 1. The van der Waals surface area contributed by atoms with E-state index in [1.807, 2.05) is 32.2 Å². The molecule has 0 fully saturated rings. The van der Waals surface area contributed by atoms with Crippen molar-refractivity contribution < 1.29 is 9.21 Å². The molecule has 2 N–H and O–H groups in total. The van der Waals surface area contributed by atoms with Crippen LogP contribution in [-0.4, -0.2) is 22.1 Å². The molecular formula is C16H21N3O3S. The zero-order valence-corrected chi connectivity index (χ0v) is 14.5. The van der Waals surface area contributed by atoms with Crippen LogP contribution in [0, 0.1) is 13.8 Å². The van der Waals surface area contributed by atoms with E-state index in [0.717, 1.165) is 11.5 Å². The largest absolute Gasteiger partial charge is 0.464 e. The molecule has 0 saturated heterocycles. The predicted molar refractivity (Wildman–Crippen MR) is 89.7 cm³/mol. The number of aromatic amines is 1. The fourth-order valence-corrected chi connectivity index (χ4v) is 2.71. The maximum Gasteiger partial charge on any atom is 0.254 e. The van der Waals surface area contributed by atoms with Crippen LogP contribution in [0.2, 0.25) is 0 Å². The Labute approximate surface area is 139 Å². The SMILES string of the molecule is CSc1nc(C)c(CCC(=O)NC(C)c2ccc(C)o2)c(=O)[nH]1. The Kier molecular flexibility index (Phi) is 5.65. The second-order valence-corrected chi connectivity index (χ2v) is 6.17. The van der Waals surface area contributed by atoms with Crippen molar-refractivity contribution in [2.75, 3.05) is 6.26 Å². The first kappa shape index (κ1) is 17.3. The summed E-state index contributed by atoms with van der Waals surface area (Å²) in [4.78, 5) is 31.1. The smallest absolute Gasteiger partial charge is 0.254 e. The zero-order chi connectivity index (χ0) is 17.0.